The summed E-state index contributed by atoms with van der Waals surface area (Å²) < 4.78 is 64.5. The van der Waals surface area contributed by atoms with Crippen molar-refractivity contribution in [1.29, 1.82) is 0 Å². The average Bonchev–Trinajstić information content (AvgIpc) is 2.43. The van der Waals surface area contributed by atoms with Crippen LogP contribution in [0.15, 0.2) is 23.1 Å². The van der Waals surface area contributed by atoms with Crippen LogP contribution in [0.2, 0.25) is 0 Å². The fourth-order valence-electron chi connectivity index (χ4n) is 1.95. The maximum Gasteiger partial charge on any atom is 0.297 e. The number of hydrogen-bond donors (Lipinski definition) is 2. The van der Waals surface area contributed by atoms with E-state index in [9.17, 15) is 27.4 Å². The smallest absolute Gasteiger partial charge is 0.297 e. The summed E-state index contributed by atoms with van der Waals surface area (Å²) in [6.07, 6.45) is -5.74. The molecule has 1 aromatic carbocycles. The minimum atomic E-state index is -4.56. The van der Waals surface area contributed by atoms with Gasteiger partial charge < -0.3 is 19.7 Å². The molecule has 0 amide bonds. The van der Waals surface area contributed by atoms with Crippen LogP contribution in [0.25, 0.3) is 0 Å². The van der Waals surface area contributed by atoms with Crippen LogP contribution in [0.4, 0.5) is 8.78 Å². The molecule has 1 aliphatic heterocycles. The van der Waals surface area contributed by atoms with Gasteiger partial charge in [0.05, 0.1) is 11.5 Å². The Morgan fingerprint density at radius 3 is 2.32 bits per heavy atom. The molecule has 4 atom stereocenters. The van der Waals surface area contributed by atoms with Gasteiger partial charge in [-0.2, -0.15) is 8.42 Å². The van der Waals surface area contributed by atoms with Crippen LogP contribution in [0.3, 0.4) is 0 Å². The fourth-order valence-corrected chi connectivity index (χ4v) is 3.07. The number of methoxy groups -OCH3 is 1. The third-order valence-corrected chi connectivity index (χ3v) is 4.36. The van der Waals surface area contributed by atoms with Crippen LogP contribution in [-0.4, -0.2) is 56.9 Å². The maximum atomic E-state index is 13.1. The van der Waals surface area contributed by atoms with Gasteiger partial charge in [0.1, 0.15) is 29.9 Å². The molecule has 10 heteroatoms. The Labute approximate surface area is 125 Å². The van der Waals surface area contributed by atoms with E-state index in [4.69, 9.17) is 13.7 Å². The Morgan fingerprint density at radius 1 is 1.18 bits per heavy atom. The van der Waals surface area contributed by atoms with Crippen LogP contribution in [0.1, 0.15) is 0 Å². The zero-order valence-corrected chi connectivity index (χ0v) is 12.2. The molecule has 0 aliphatic carbocycles. The topological polar surface area (TPSA) is 102 Å². The van der Waals surface area contributed by atoms with Crippen LogP contribution in [0, 0.1) is 11.6 Å². The van der Waals surface area contributed by atoms with Crippen molar-refractivity contribution in [3.8, 4) is 0 Å². The second-order valence-corrected chi connectivity index (χ2v) is 6.18. The van der Waals surface area contributed by atoms with Crippen molar-refractivity contribution in [3.63, 3.8) is 0 Å². The number of aliphatic hydroxyl groups is 2. The predicted molar refractivity (Wildman–Crippen MR) is 67.2 cm³/mol. The van der Waals surface area contributed by atoms with Crippen molar-refractivity contribution in [3.05, 3.63) is 29.8 Å². The lowest BCUT2D eigenvalue weighted by Gasteiger charge is -2.35. The van der Waals surface area contributed by atoms with Crippen LogP contribution in [-0.2, 0) is 23.8 Å². The van der Waals surface area contributed by atoms with Gasteiger partial charge in [0.25, 0.3) is 10.1 Å². The molecule has 1 saturated heterocycles. The average molecular weight is 340 g/mol. The van der Waals surface area contributed by atoms with Gasteiger partial charge in [0.15, 0.2) is 6.29 Å². The van der Waals surface area contributed by atoms with Crippen molar-refractivity contribution >= 4 is 10.1 Å². The van der Waals surface area contributed by atoms with E-state index >= 15 is 0 Å². The first-order chi connectivity index (χ1) is 10.2. The molecule has 1 fully saturated rings. The Kier molecular flexibility index (Phi) is 5.10. The third kappa shape index (κ3) is 3.59. The summed E-state index contributed by atoms with van der Waals surface area (Å²) >= 11 is 0. The normalized spacial score (nSPS) is 29.5. The van der Waals surface area contributed by atoms with E-state index in [1.165, 1.54) is 7.11 Å². The number of hydrogen-bond acceptors (Lipinski definition) is 7. The van der Waals surface area contributed by atoms with Crippen LogP contribution in [0.5, 0.6) is 0 Å². The van der Waals surface area contributed by atoms with Gasteiger partial charge in [-0.25, -0.2) is 8.78 Å². The van der Waals surface area contributed by atoms with Crippen molar-refractivity contribution in [2.24, 2.45) is 0 Å². The van der Waals surface area contributed by atoms with E-state index in [0.29, 0.717) is 18.2 Å². The van der Waals surface area contributed by atoms with Crippen LogP contribution >= 0.6 is 0 Å². The first-order valence-corrected chi connectivity index (χ1v) is 7.55. The Hall–Kier alpha value is -1.17. The molecular weight excluding hydrogens is 326 g/mol. The Bertz CT molecular complexity index is 616. The molecule has 7 nitrogen and oxygen atoms in total. The molecule has 1 aromatic rings. The van der Waals surface area contributed by atoms with Crippen LogP contribution < -0.4 is 0 Å². The zero-order valence-electron chi connectivity index (χ0n) is 11.3. The summed E-state index contributed by atoms with van der Waals surface area (Å²) in [6, 6.07) is 1.65. The van der Waals surface area contributed by atoms with Crippen molar-refractivity contribution < 1.29 is 41.1 Å². The summed E-state index contributed by atoms with van der Waals surface area (Å²) in [4.78, 5) is -0.749. The van der Waals surface area contributed by atoms with E-state index < -0.39 is 57.9 Å². The largest absolute Gasteiger partial charge is 0.387 e. The highest BCUT2D eigenvalue weighted by Gasteiger charge is 2.41. The Morgan fingerprint density at radius 2 is 1.77 bits per heavy atom. The SMILES string of the molecule is CO[C@@H]1OC[C@@H](OS(=O)(=O)c2cc(F)cc(F)c2)[C@H](O)[C@H]1O. The molecule has 124 valence electrons. The molecule has 0 bridgehead atoms. The number of benzene rings is 1. The molecule has 2 rings (SSSR count). The summed E-state index contributed by atoms with van der Waals surface area (Å²) in [5, 5.41) is 19.5. The highest BCUT2D eigenvalue weighted by Crippen LogP contribution is 2.23. The van der Waals surface area contributed by atoms with Gasteiger partial charge in [-0.05, 0) is 12.1 Å². The van der Waals surface area contributed by atoms with Gasteiger partial charge in [0, 0.05) is 13.2 Å². The fraction of sp³-hybridized carbons (Fsp3) is 0.500. The second kappa shape index (κ2) is 6.52. The maximum absolute atomic E-state index is 13.1. The molecule has 0 aromatic heterocycles. The van der Waals surface area contributed by atoms with Crippen molar-refractivity contribution in [2.45, 2.75) is 29.5 Å². The second-order valence-electron chi connectivity index (χ2n) is 4.61. The molecule has 2 N–H and O–H groups in total. The highest BCUT2D eigenvalue weighted by atomic mass is 32.2. The van der Waals surface area contributed by atoms with Gasteiger partial charge in [-0.1, -0.05) is 0 Å². The third-order valence-electron chi connectivity index (χ3n) is 3.04. The lowest BCUT2D eigenvalue weighted by atomic mass is 10.1. The number of rotatable bonds is 4. The Balaban J connectivity index is 2.18. The summed E-state index contributed by atoms with van der Waals surface area (Å²) in [5.41, 5.74) is 0. The summed E-state index contributed by atoms with van der Waals surface area (Å²) in [6.45, 7) is -0.395. The monoisotopic (exact) mass is 340 g/mol. The number of halogens is 2. The minimum Gasteiger partial charge on any atom is -0.387 e. The van der Waals surface area contributed by atoms with E-state index in [-0.39, 0.29) is 0 Å². The quantitative estimate of drug-likeness (QED) is 0.730. The van der Waals surface area contributed by atoms with Gasteiger partial charge >= 0.3 is 0 Å². The van der Waals surface area contributed by atoms with E-state index in [1.807, 2.05) is 0 Å². The van der Waals surface area contributed by atoms with E-state index in [2.05, 4.69) is 0 Å². The summed E-state index contributed by atoms with van der Waals surface area (Å²) in [7, 11) is -3.33. The van der Waals surface area contributed by atoms with Crippen molar-refractivity contribution in [2.75, 3.05) is 13.7 Å². The van der Waals surface area contributed by atoms with Crippen molar-refractivity contribution in [1.82, 2.24) is 0 Å². The molecule has 0 spiro atoms. The lowest BCUT2D eigenvalue weighted by Crippen LogP contribution is -2.54. The zero-order chi connectivity index (χ0) is 16.5. The number of ether oxygens (including phenoxy) is 2. The molecule has 22 heavy (non-hydrogen) atoms. The molecule has 0 unspecified atom stereocenters. The molecular formula is C12H14F2O7S. The minimum absolute atomic E-state index is 0.395. The molecule has 1 heterocycles. The first kappa shape index (κ1) is 17.2. The number of aliphatic hydroxyl groups excluding tert-OH is 2. The van der Waals surface area contributed by atoms with Gasteiger partial charge in [0.2, 0.25) is 0 Å². The highest BCUT2D eigenvalue weighted by molar-refractivity contribution is 7.86. The molecule has 0 saturated carbocycles. The predicted octanol–water partition coefficient (Wildman–Crippen LogP) is -0.237. The van der Waals surface area contributed by atoms with Gasteiger partial charge in [-0.3, -0.25) is 4.18 Å². The molecule has 0 radical (unpaired) electrons. The summed E-state index contributed by atoms with van der Waals surface area (Å²) in [5.74, 6) is -2.19. The van der Waals surface area contributed by atoms with E-state index in [1.54, 1.807) is 0 Å². The van der Waals surface area contributed by atoms with E-state index in [0.717, 1.165) is 0 Å². The lowest BCUT2D eigenvalue weighted by molar-refractivity contribution is -0.257. The first-order valence-electron chi connectivity index (χ1n) is 6.14. The van der Waals surface area contributed by atoms with Gasteiger partial charge in [-0.15, -0.1) is 0 Å². The molecule has 1 aliphatic rings. The standard InChI is InChI=1S/C12H14F2O7S/c1-19-12-11(16)10(15)9(5-20-12)21-22(17,18)8-3-6(13)2-7(14)4-8/h2-4,9-12,15-16H,5H2,1H3/t9-,10+,11-,12-/m1/s1.